The molecule has 136 valence electrons. The van der Waals surface area contributed by atoms with Gasteiger partial charge >= 0.3 is 0 Å². The first kappa shape index (κ1) is 24.5. The Morgan fingerprint density at radius 2 is 1.17 bits per heavy atom. The molecular weight excluding hydrogens is 276 g/mol. The molecule has 0 radical (unpaired) electrons. The van der Waals surface area contributed by atoms with E-state index in [1.165, 1.54) is 31.2 Å². The van der Waals surface area contributed by atoms with E-state index in [1.807, 2.05) is 0 Å². The van der Waals surface area contributed by atoms with Crippen LogP contribution in [0.25, 0.3) is 0 Å². The first-order valence-corrected chi connectivity index (χ1v) is 9.74. The second-order valence-corrected chi connectivity index (χ2v) is 8.11. The molecule has 0 aliphatic carbocycles. The van der Waals surface area contributed by atoms with E-state index in [-0.39, 0.29) is 0 Å². The van der Waals surface area contributed by atoms with E-state index >= 15 is 0 Å². The van der Waals surface area contributed by atoms with Crippen molar-refractivity contribution in [3.05, 3.63) is 35.9 Å². The molecular formula is C23H44. The summed E-state index contributed by atoms with van der Waals surface area (Å²) in [7, 11) is 0. The van der Waals surface area contributed by atoms with E-state index in [0.29, 0.717) is 0 Å². The van der Waals surface area contributed by atoms with Crippen molar-refractivity contribution in [1.29, 1.82) is 0 Å². The molecule has 0 fully saturated rings. The van der Waals surface area contributed by atoms with Crippen LogP contribution in [0.5, 0.6) is 0 Å². The predicted molar refractivity (Wildman–Crippen MR) is 109 cm³/mol. The van der Waals surface area contributed by atoms with Crippen LogP contribution in [0.1, 0.15) is 87.1 Å². The Morgan fingerprint density at radius 3 is 1.43 bits per heavy atom. The lowest BCUT2D eigenvalue weighted by atomic mass is 10.0. The Morgan fingerprint density at radius 1 is 0.696 bits per heavy atom. The molecule has 0 amide bonds. The molecule has 1 rings (SSSR count). The maximum atomic E-state index is 2.27. The molecule has 0 spiro atoms. The number of benzene rings is 1. The maximum absolute atomic E-state index is 2.27. The lowest BCUT2D eigenvalue weighted by Crippen LogP contribution is -1.95. The summed E-state index contributed by atoms with van der Waals surface area (Å²) in [6.07, 6.45) is 5.34. The van der Waals surface area contributed by atoms with E-state index in [0.717, 1.165) is 23.7 Å². The third-order valence-electron chi connectivity index (χ3n) is 3.96. The fourth-order valence-electron chi connectivity index (χ4n) is 1.70. The molecule has 0 heterocycles. The van der Waals surface area contributed by atoms with E-state index in [1.54, 1.807) is 0 Å². The SMILES string of the molecule is CC(C)C(C)C.CC(C)Cc1ccccc1.CCCCC(C)C. The predicted octanol–water partition coefficient (Wildman–Crippen LogP) is 8.02. The fraction of sp³-hybridized carbons (Fsp3) is 0.739. The number of rotatable bonds is 6. The zero-order valence-corrected chi connectivity index (χ0v) is 17.5. The number of hydrogen-bond acceptors (Lipinski definition) is 0. The maximum Gasteiger partial charge on any atom is -0.0256 e. The van der Waals surface area contributed by atoms with Gasteiger partial charge in [0.1, 0.15) is 0 Å². The smallest absolute Gasteiger partial charge is 0.0256 e. The minimum Gasteiger partial charge on any atom is -0.0654 e. The summed E-state index contributed by atoms with van der Waals surface area (Å²) in [4.78, 5) is 0. The van der Waals surface area contributed by atoms with Crippen LogP contribution in [-0.4, -0.2) is 0 Å². The van der Waals surface area contributed by atoms with Crippen LogP contribution in [0.3, 0.4) is 0 Å². The van der Waals surface area contributed by atoms with Gasteiger partial charge in [-0.1, -0.05) is 112 Å². The van der Waals surface area contributed by atoms with Crippen molar-refractivity contribution >= 4 is 0 Å². The summed E-state index contributed by atoms with van der Waals surface area (Å²) < 4.78 is 0. The molecule has 0 aliphatic heterocycles. The van der Waals surface area contributed by atoms with Gasteiger partial charge in [0.2, 0.25) is 0 Å². The van der Waals surface area contributed by atoms with Crippen molar-refractivity contribution in [1.82, 2.24) is 0 Å². The second-order valence-electron chi connectivity index (χ2n) is 8.11. The fourth-order valence-corrected chi connectivity index (χ4v) is 1.70. The van der Waals surface area contributed by atoms with Crippen LogP contribution in [0, 0.1) is 23.7 Å². The Hall–Kier alpha value is -0.780. The summed E-state index contributed by atoms with van der Waals surface area (Å²) in [5, 5.41) is 0. The van der Waals surface area contributed by atoms with Gasteiger partial charge in [0.25, 0.3) is 0 Å². The van der Waals surface area contributed by atoms with Gasteiger partial charge < -0.3 is 0 Å². The van der Waals surface area contributed by atoms with Crippen molar-refractivity contribution in [2.75, 3.05) is 0 Å². The van der Waals surface area contributed by atoms with E-state index in [4.69, 9.17) is 0 Å². The largest absolute Gasteiger partial charge is 0.0654 e. The van der Waals surface area contributed by atoms with Crippen molar-refractivity contribution in [2.45, 2.75) is 88.0 Å². The second kappa shape index (κ2) is 16.1. The van der Waals surface area contributed by atoms with Gasteiger partial charge in [0.15, 0.2) is 0 Å². The highest BCUT2D eigenvalue weighted by Crippen LogP contribution is 2.06. The van der Waals surface area contributed by atoms with Crippen molar-refractivity contribution < 1.29 is 0 Å². The molecule has 0 atom stereocenters. The third-order valence-corrected chi connectivity index (χ3v) is 3.96. The Bertz CT molecular complexity index is 313. The van der Waals surface area contributed by atoms with Gasteiger partial charge in [-0.15, -0.1) is 0 Å². The minimum absolute atomic E-state index is 0.766. The van der Waals surface area contributed by atoms with E-state index < -0.39 is 0 Å². The lowest BCUT2D eigenvalue weighted by Gasteiger charge is -2.05. The summed E-state index contributed by atoms with van der Waals surface area (Å²) >= 11 is 0. The molecule has 0 heteroatoms. The van der Waals surface area contributed by atoms with Gasteiger partial charge in [-0.25, -0.2) is 0 Å². The van der Waals surface area contributed by atoms with Crippen molar-refractivity contribution in [2.24, 2.45) is 23.7 Å². The summed E-state index contributed by atoms with van der Waals surface area (Å²) in [5.41, 5.74) is 1.44. The highest BCUT2D eigenvalue weighted by molar-refractivity contribution is 5.14. The molecule has 0 bridgehead atoms. The zero-order valence-electron chi connectivity index (χ0n) is 17.5. The average Bonchev–Trinajstić information content (AvgIpc) is 2.46. The third kappa shape index (κ3) is 21.2. The molecule has 0 aliphatic rings. The summed E-state index contributed by atoms with van der Waals surface area (Å²) in [6.45, 7) is 20.2. The normalized spacial score (nSPS) is 10.5. The molecule has 0 N–H and O–H groups in total. The highest BCUT2D eigenvalue weighted by Gasteiger charge is 1.95. The molecule has 0 saturated heterocycles. The van der Waals surface area contributed by atoms with Crippen LogP contribution in [0.15, 0.2) is 30.3 Å². The molecule has 1 aromatic rings. The van der Waals surface area contributed by atoms with Crippen LogP contribution in [0.4, 0.5) is 0 Å². The van der Waals surface area contributed by atoms with Crippen LogP contribution in [-0.2, 0) is 6.42 Å². The Kier molecular flexibility index (Phi) is 17.1. The Labute approximate surface area is 148 Å². The first-order valence-electron chi connectivity index (χ1n) is 9.74. The summed E-state index contributed by atoms with van der Waals surface area (Å²) in [6, 6.07) is 10.6. The lowest BCUT2D eigenvalue weighted by molar-refractivity contribution is 0.457. The molecule has 0 saturated carbocycles. The average molecular weight is 321 g/mol. The van der Waals surface area contributed by atoms with Gasteiger partial charge in [0.05, 0.1) is 0 Å². The van der Waals surface area contributed by atoms with E-state index in [2.05, 4.69) is 92.6 Å². The first-order chi connectivity index (χ1) is 10.7. The number of unbranched alkanes of at least 4 members (excludes halogenated alkanes) is 1. The minimum atomic E-state index is 0.766. The van der Waals surface area contributed by atoms with E-state index in [9.17, 15) is 0 Å². The highest BCUT2D eigenvalue weighted by atomic mass is 14.0. The van der Waals surface area contributed by atoms with Gasteiger partial charge in [0, 0.05) is 0 Å². The molecule has 1 aromatic carbocycles. The molecule has 23 heavy (non-hydrogen) atoms. The van der Waals surface area contributed by atoms with Gasteiger partial charge in [-0.2, -0.15) is 0 Å². The zero-order chi connectivity index (χ0) is 18.3. The summed E-state index contributed by atoms with van der Waals surface area (Å²) in [5.74, 6) is 3.37. The molecule has 0 nitrogen and oxygen atoms in total. The quantitative estimate of drug-likeness (QED) is 0.498. The van der Waals surface area contributed by atoms with Gasteiger partial charge in [-0.3, -0.25) is 0 Å². The van der Waals surface area contributed by atoms with Crippen LogP contribution < -0.4 is 0 Å². The van der Waals surface area contributed by atoms with Crippen molar-refractivity contribution in [3.8, 4) is 0 Å². The standard InChI is InChI=1S/C10H14.C7H16.C6H14/c1-9(2)8-10-6-4-3-5-7-10;1-4-5-6-7(2)3;1-5(2)6(3)4/h3-7,9H,8H2,1-2H3;7H,4-6H2,1-3H3;5-6H,1-4H3. The number of hydrogen-bond donors (Lipinski definition) is 0. The molecule has 0 unspecified atom stereocenters. The van der Waals surface area contributed by atoms with Crippen LogP contribution in [0.2, 0.25) is 0 Å². The van der Waals surface area contributed by atoms with Gasteiger partial charge in [-0.05, 0) is 35.7 Å². The Balaban J connectivity index is 0. The topological polar surface area (TPSA) is 0 Å². The molecule has 0 aromatic heterocycles. The van der Waals surface area contributed by atoms with Crippen LogP contribution >= 0.6 is 0 Å². The monoisotopic (exact) mass is 320 g/mol. The van der Waals surface area contributed by atoms with Crippen molar-refractivity contribution in [3.63, 3.8) is 0 Å².